The lowest BCUT2D eigenvalue weighted by molar-refractivity contribution is -0.0155. The van der Waals surface area contributed by atoms with Gasteiger partial charge in [0.1, 0.15) is 18.5 Å². The van der Waals surface area contributed by atoms with Crippen LogP contribution in [0.2, 0.25) is 0 Å². The molecule has 23 heavy (non-hydrogen) atoms. The second-order valence-corrected chi connectivity index (χ2v) is 5.19. The molecule has 0 unspecified atom stereocenters. The third-order valence-corrected chi connectivity index (χ3v) is 3.57. The van der Waals surface area contributed by atoms with Gasteiger partial charge in [0.05, 0.1) is 12.6 Å². The molecule has 0 spiro atoms. The van der Waals surface area contributed by atoms with Gasteiger partial charge in [0, 0.05) is 18.9 Å². The predicted molar refractivity (Wildman–Crippen MR) is 80.0 cm³/mol. The van der Waals surface area contributed by atoms with Gasteiger partial charge in [-0.25, -0.2) is 4.98 Å². The molecule has 2 aromatic rings. The van der Waals surface area contributed by atoms with E-state index in [1.807, 2.05) is 6.07 Å². The van der Waals surface area contributed by atoms with Gasteiger partial charge in [0.25, 0.3) is 5.91 Å². The van der Waals surface area contributed by atoms with Crippen LogP contribution in [0.4, 0.5) is 0 Å². The molecule has 1 fully saturated rings. The van der Waals surface area contributed by atoms with Gasteiger partial charge >= 0.3 is 0 Å². The van der Waals surface area contributed by atoms with Gasteiger partial charge in [0.15, 0.2) is 5.76 Å². The van der Waals surface area contributed by atoms with Crippen LogP contribution >= 0.6 is 0 Å². The van der Waals surface area contributed by atoms with Crippen LogP contribution < -0.4 is 10.1 Å². The maximum atomic E-state index is 12.2. The van der Waals surface area contributed by atoms with Gasteiger partial charge in [0.2, 0.25) is 5.88 Å². The lowest BCUT2D eigenvalue weighted by Gasteiger charge is -2.31. The summed E-state index contributed by atoms with van der Waals surface area (Å²) in [6.07, 6.45) is 1.96. The predicted octanol–water partition coefficient (Wildman–Crippen LogP) is 1.13. The molecule has 0 saturated carbocycles. The molecule has 7 heteroatoms. The summed E-state index contributed by atoms with van der Waals surface area (Å²) in [6, 6.07) is 8.29. The highest BCUT2D eigenvalue weighted by Crippen LogP contribution is 2.16. The zero-order valence-corrected chi connectivity index (χ0v) is 12.5. The summed E-state index contributed by atoms with van der Waals surface area (Å²) in [4.78, 5) is 16.4. The van der Waals surface area contributed by atoms with Crippen molar-refractivity contribution < 1.29 is 23.8 Å². The molecule has 3 rings (SSSR count). The smallest absolute Gasteiger partial charge is 0.287 e. The summed E-state index contributed by atoms with van der Waals surface area (Å²) in [5, 5.41) is 11.9. The highest BCUT2D eigenvalue weighted by atomic mass is 16.5. The van der Waals surface area contributed by atoms with E-state index in [9.17, 15) is 4.79 Å². The van der Waals surface area contributed by atoms with E-state index in [1.54, 1.807) is 24.4 Å². The Bertz CT molecular complexity index is 643. The van der Waals surface area contributed by atoms with E-state index >= 15 is 0 Å². The number of amides is 1. The Labute approximate surface area is 133 Å². The average Bonchev–Trinajstić information content (AvgIpc) is 3.07. The number of hydrogen-bond donors (Lipinski definition) is 2. The summed E-state index contributed by atoms with van der Waals surface area (Å²) < 4.78 is 16.5. The summed E-state index contributed by atoms with van der Waals surface area (Å²) in [6.45, 7) is 0.685. The fraction of sp³-hybridized carbons (Fsp3) is 0.375. The second-order valence-electron chi connectivity index (χ2n) is 5.19. The Kier molecular flexibility index (Phi) is 4.89. The van der Waals surface area contributed by atoms with Crippen molar-refractivity contribution >= 4 is 5.91 Å². The van der Waals surface area contributed by atoms with Crippen LogP contribution in [0.25, 0.3) is 0 Å². The number of pyridine rings is 1. The quantitative estimate of drug-likeness (QED) is 0.858. The third kappa shape index (κ3) is 3.88. The van der Waals surface area contributed by atoms with Crippen molar-refractivity contribution in [2.75, 3.05) is 13.2 Å². The second kappa shape index (κ2) is 7.26. The molecule has 2 aromatic heterocycles. The molecule has 1 aliphatic heterocycles. The van der Waals surface area contributed by atoms with E-state index in [-0.39, 0.29) is 30.4 Å². The van der Waals surface area contributed by atoms with Crippen LogP contribution in [0.1, 0.15) is 22.7 Å². The highest BCUT2D eigenvalue weighted by molar-refractivity contribution is 5.91. The number of hydrogen-bond acceptors (Lipinski definition) is 6. The first kappa shape index (κ1) is 15.5. The lowest BCUT2D eigenvalue weighted by Crippen LogP contribution is -2.51. The summed E-state index contributed by atoms with van der Waals surface area (Å²) >= 11 is 0. The lowest BCUT2D eigenvalue weighted by atomic mass is 10.1. The maximum absolute atomic E-state index is 12.2. The minimum atomic E-state index is -0.341. The summed E-state index contributed by atoms with van der Waals surface area (Å²) in [5.74, 6) is 0.662. The van der Waals surface area contributed by atoms with Gasteiger partial charge in [-0.2, -0.15) is 0 Å². The van der Waals surface area contributed by atoms with Crippen LogP contribution in [0.3, 0.4) is 0 Å². The number of carbonyl (C=O) groups excluding carboxylic acids is 1. The first-order valence-corrected chi connectivity index (χ1v) is 7.42. The molecule has 2 N–H and O–H groups in total. The largest absolute Gasteiger partial charge is 0.470 e. The molecule has 0 aliphatic carbocycles. The first-order valence-electron chi connectivity index (χ1n) is 7.42. The van der Waals surface area contributed by atoms with Crippen molar-refractivity contribution in [1.29, 1.82) is 0 Å². The fourth-order valence-corrected chi connectivity index (χ4v) is 2.39. The standard InChI is InChI=1S/C16H18N2O5/c19-9-11-4-5-13(22-11)16(20)18-12-6-8-21-10-14(12)23-15-3-1-2-7-17-15/h1-5,7,12,14,19H,6,8-10H2,(H,18,20)/t12-,14-/m0/s1. The van der Waals surface area contributed by atoms with Gasteiger partial charge in [-0.1, -0.05) is 6.07 Å². The minimum Gasteiger partial charge on any atom is -0.470 e. The van der Waals surface area contributed by atoms with Crippen LogP contribution in [0.5, 0.6) is 5.88 Å². The summed E-state index contributed by atoms with van der Waals surface area (Å²) in [7, 11) is 0. The van der Waals surface area contributed by atoms with Crippen molar-refractivity contribution in [2.45, 2.75) is 25.2 Å². The Hall–Kier alpha value is -2.38. The number of carbonyl (C=O) groups is 1. The van der Waals surface area contributed by atoms with E-state index in [0.29, 0.717) is 31.3 Å². The number of ether oxygens (including phenoxy) is 2. The van der Waals surface area contributed by atoms with Crippen LogP contribution in [-0.2, 0) is 11.3 Å². The number of aromatic nitrogens is 1. The van der Waals surface area contributed by atoms with Crippen LogP contribution in [-0.4, -0.2) is 41.4 Å². The van der Waals surface area contributed by atoms with Crippen molar-refractivity contribution in [1.82, 2.24) is 10.3 Å². The number of aliphatic hydroxyl groups excluding tert-OH is 1. The number of nitrogens with zero attached hydrogens (tertiary/aromatic N) is 1. The van der Waals surface area contributed by atoms with Crippen molar-refractivity contribution in [3.8, 4) is 5.88 Å². The van der Waals surface area contributed by atoms with E-state index in [0.717, 1.165) is 0 Å². The van der Waals surface area contributed by atoms with Gasteiger partial charge in [-0.15, -0.1) is 0 Å². The van der Waals surface area contributed by atoms with E-state index in [2.05, 4.69) is 10.3 Å². The molecule has 2 atom stereocenters. The Morgan fingerprint density at radius 3 is 3.04 bits per heavy atom. The van der Waals surface area contributed by atoms with Gasteiger partial charge < -0.3 is 24.3 Å². The number of aliphatic hydroxyl groups is 1. The Balaban J connectivity index is 1.65. The van der Waals surface area contributed by atoms with Crippen molar-refractivity contribution in [3.05, 3.63) is 48.0 Å². The molecule has 0 radical (unpaired) electrons. The molecule has 0 bridgehead atoms. The van der Waals surface area contributed by atoms with Gasteiger partial charge in [-0.3, -0.25) is 4.79 Å². The monoisotopic (exact) mass is 318 g/mol. The van der Waals surface area contributed by atoms with E-state index < -0.39 is 0 Å². The van der Waals surface area contributed by atoms with Gasteiger partial charge in [-0.05, 0) is 24.6 Å². The fourth-order valence-electron chi connectivity index (χ4n) is 2.39. The van der Waals surface area contributed by atoms with Crippen LogP contribution in [0, 0.1) is 0 Å². The SMILES string of the molecule is O=C(N[C@H]1CCOC[C@@H]1Oc1ccccn1)c1ccc(CO)o1. The molecule has 122 valence electrons. The molecular formula is C16H18N2O5. The Morgan fingerprint density at radius 1 is 1.39 bits per heavy atom. The van der Waals surface area contributed by atoms with Crippen molar-refractivity contribution in [2.24, 2.45) is 0 Å². The Morgan fingerprint density at radius 2 is 2.30 bits per heavy atom. The summed E-state index contributed by atoms with van der Waals surface area (Å²) in [5.41, 5.74) is 0. The number of furan rings is 1. The molecule has 0 aromatic carbocycles. The molecular weight excluding hydrogens is 300 g/mol. The molecule has 1 amide bonds. The zero-order valence-electron chi connectivity index (χ0n) is 12.5. The van der Waals surface area contributed by atoms with E-state index in [1.165, 1.54) is 6.07 Å². The number of nitrogens with one attached hydrogen (secondary N) is 1. The van der Waals surface area contributed by atoms with E-state index in [4.69, 9.17) is 19.0 Å². The molecule has 1 aliphatic rings. The molecule has 1 saturated heterocycles. The highest BCUT2D eigenvalue weighted by Gasteiger charge is 2.30. The topological polar surface area (TPSA) is 93.8 Å². The normalized spacial score (nSPS) is 20.9. The maximum Gasteiger partial charge on any atom is 0.287 e. The zero-order chi connectivity index (χ0) is 16.1. The third-order valence-electron chi connectivity index (χ3n) is 3.57. The molecule has 3 heterocycles. The van der Waals surface area contributed by atoms with Crippen LogP contribution in [0.15, 0.2) is 40.9 Å². The molecule has 7 nitrogen and oxygen atoms in total. The average molecular weight is 318 g/mol. The first-order chi connectivity index (χ1) is 11.3. The minimum absolute atomic E-state index is 0.164. The van der Waals surface area contributed by atoms with Crippen molar-refractivity contribution in [3.63, 3.8) is 0 Å². The number of rotatable bonds is 5.